The third-order valence-electron chi connectivity index (χ3n) is 4.12. The van der Waals surface area contributed by atoms with Crippen LogP contribution in [-0.2, 0) is 12.8 Å². The SMILES string of the molecule is CCc1cccc(-n2ncc(CC)c2-c2cc3ncccc3s2)n1. The lowest BCUT2D eigenvalue weighted by atomic mass is 10.1. The van der Waals surface area contributed by atoms with Crippen LogP contribution in [0.25, 0.3) is 26.6 Å². The Balaban J connectivity index is 1.92. The minimum Gasteiger partial charge on any atom is -0.255 e. The van der Waals surface area contributed by atoms with Crippen LogP contribution in [0.15, 0.2) is 48.8 Å². The molecule has 0 spiro atoms. The molecule has 0 unspecified atom stereocenters. The van der Waals surface area contributed by atoms with Crippen molar-refractivity contribution in [2.75, 3.05) is 0 Å². The summed E-state index contributed by atoms with van der Waals surface area (Å²) in [7, 11) is 0. The van der Waals surface area contributed by atoms with E-state index in [4.69, 9.17) is 4.98 Å². The van der Waals surface area contributed by atoms with Crippen molar-refractivity contribution < 1.29 is 0 Å². The van der Waals surface area contributed by atoms with Crippen molar-refractivity contribution in [1.29, 1.82) is 0 Å². The quantitative estimate of drug-likeness (QED) is 0.545. The fourth-order valence-corrected chi connectivity index (χ4v) is 3.93. The molecular formula is C19H18N4S. The summed E-state index contributed by atoms with van der Waals surface area (Å²) in [6.45, 7) is 4.28. The number of rotatable bonds is 4. The van der Waals surface area contributed by atoms with Gasteiger partial charge in [0.15, 0.2) is 5.82 Å². The monoisotopic (exact) mass is 334 g/mol. The van der Waals surface area contributed by atoms with Crippen LogP contribution in [0.1, 0.15) is 25.1 Å². The second-order valence-corrected chi connectivity index (χ2v) is 6.71. The maximum Gasteiger partial charge on any atom is 0.154 e. The molecule has 0 atom stereocenters. The van der Waals surface area contributed by atoms with Gasteiger partial charge in [0.25, 0.3) is 0 Å². The van der Waals surface area contributed by atoms with Crippen LogP contribution in [0.2, 0.25) is 0 Å². The van der Waals surface area contributed by atoms with Gasteiger partial charge in [-0.05, 0) is 48.7 Å². The number of pyridine rings is 2. The lowest BCUT2D eigenvalue weighted by Gasteiger charge is -2.08. The standard InChI is InChI=1S/C19H18N4S/c1-3-13-12-21-23(18-9-5-7-14(4-2)22-18)19(13)17-11-15-16(24-17)8-6-10-20-15/h5-12H,3-4H2,1-2H3. The number of aryl methyl sites for hydroxylation is 2. The highest BCUT2D eigenvalue weighted by molar-refractivity contribution is 7.22. The Hall–Kier alpha value is -2.53. The summed E-state index contributed by atoms with van der Waals surface area (Å²) in [5, 5.41) is 4.62. The van der Waals surface area contributed by atoms with E-state index in [1.807, 2.05) is 35.3 Å². The zero-order chi connectivity index (χ0) is 16.5. The van der Waals surface area contributed by atoms with Gasteiger partial charge in [-0.1, -0.05) is 19.9 Å². The van der Waals surface area contributed by atoms with E-state index in [2.05, 4.69) is 42.1 Å². The van der Waals surface area contributed by atoms with Crippen LogP contribution in [0, 0.1) is 0 Å². The van der Waals surface area contributed by atoms with Gasteiger partial charge in [-0.15, -0.1) is 11.3 Å². The van der Waals surface area contributed by atoms with Crippen LogP contribution < -0.4 is 0 Å². The van der Waals surface area contributed by atoms with E-state index in [0.29, 0.717) is 0 Å². The molecule has 4 rings (SSSR count). The fraction of sp³-hybridized carbons (Fsp3) is 0.211. The zero-order valence-electron chi connectivity index (χ0n) is 13.7. The van der Waals surface area contributed by atoms with E-state index < -0.39 is 0 Å². The van der Waals surface area contributed by atoms with Crippen molar-refractivity contribution in [2.45, 2.75) is 26.7 Å². The van der Waals surface area contributed by atoms with E-state index in [-0.39, 0.29) is 0 Å². The van der Waals surface area contributed by atoms with Gasteiger partial charge in [0.1, 0.15) is 0 Å². The number of hydrogen-bond acceptors (Lipinski definition) is 4. The molecule has 0 bridgehead atoms. The van der Waals surface area contributed by atoms with Crippen molar-refractivity contribution in [1.82, 2.24) is 19.7 Å². The molecule has 0 radical (unpaired) electrons. The fourth-order valence-electron chi connectivity index (χ4n) is 2.85. The Bertz CT molecular complexity index is 966. The highest BCUT2D eigenvalue weighted by Gasteiger charge is 2.17. The number of hydrogen-bond donors (Lipinski definition) is 0. The maximum absolute atomic E-state index is 4.74. The second-order valence-electron chi connectivity index (χ2n) is 5.62. The zero-order valence-corrected chi connectivity index (χ0v) is 14.5. The summed E-state index contributed by atoms with van der Waals surface area (Å²) in [4.78, 5) is 10.4. The summed E-state index contributed by atoms with van der Waals surface area (Å²) >= 11 is 1.75. The van der Waals surface area contributed by atoms with Gasteiger partial charge in [-0.25, -0.2) is 9.67 Å². The van der Waals surface area contributed by atoms with Gasteiger partial charge in [-0.3, -0.25) is 4.98 Å². The minimum atomic E-state index is 0.870. The molecule has 24 heavy (non-hydrogen) atoms. The first-order valence-corrected chi connectivity index (χ1v) is 9.00. The second kappa shape index (κ2) is 6.17. The molecule has 0 saturated carbocycles. The van der Waals surface area contributed by atoms with Crippen molar-refractivity contribution in [3.63, 3.8) is 0 Å². The predicted octanol–water partition coefficient (Wildman–Crippen LogP) is 4.67. The molecular weight excluding hydrogens is 316 g/mol. The summed E-state index contributed by atoms with van der Waals surface area (Å²) < 4.78 is 3.15. The Labute approximate surface area is 144 Å². The Morgan fingerprint density at radius 3 is 2.79 bits per heavy atom. The molecule has 4 aromatic rings. The molecule has 0 amide bonds. The first-order valence-electron chi connectivity index (χ1n) is 8.18. The first kappa shape index (κ1) is 15.0. The normalized spacial score (nSPS) is 11.2. The molecule has 0 fully saturated rings. The van der Waals surface area contributed by atoms with Crippen molar-refractivity contribution in [3.8, 4) is 16.4 Å². The lowest BCUT2D eigenvalue weighted by Crippen LogP contribution is -2.03. The van der Waals surface area contributed by atoms with Gasteiger partial charge in [0, 0.05) is 11.9 Å². The molecule has 4 heterocycles. The van der Waals surface area contributed by atoms with Crippen molar-refractivity contribution in [2.24, 2.45) is 0 Å². The van der Waals surface area contributed by atoms with E-state index in [9.17, 15) is 0 Å². The van der Waals surface area contributed by atoms with E-state index in [1.165, 1.54) is 15.1 Å². The maximum atomic E-state index is 4.74. The largest absolute Gasteiger partial charge is 0.255 e. The highest BCUT2D eigenvalue weighted by atomic mass is 32.1. The van der Waals surface area contributed by atoms with Crippen LogP contribution in [0.5, 0.6) is 0 Å². The Morgan fingerprint density at radius 2 is 2.00 bits per heavy atom. The van der Waals surface area contributed by atoms with E-state index in [1.54, 1.807) is 11.3 Å². The molecule has 0 saturated heterocycles. The van der Waals surface area contributed by atoms with E-state index in [0.717, 1.165) is 35.6 Å². The summed E-state index contributed by atoms with van der Waals surface area (Å²) in [5.74, 6) is 0.870. The smallest absolute Gasteiger partial charge is 0.154 e. The van der Waals surface area contributed by atoms with Gasteiger partial charge in [0.2, 0.25) is 0 Å². The molecule has 4 nitrogen and oxygen atoms in total. The third kappa shape index (κ3) is 2.51. The molecule has 0 aliphatic rings. The third-order valence-corrected chi connectivity index (χ3v) is 5.21. The molecule has 5 heteroatoms. The van der Waals surface area contributed by atoms with Crippen LogP contribution >= 0.6 is 11.3 Å². The topological polar surface area (TPSA) is 43.6 Å². The molecule has 0 aromatic carbocycles. The Kier molecular flexibility index (Phi) is 3.86. The molecule has 4 aromatic heterocycles. The minimum absolute atomic E-state index is 0.870. The molecule has 0 N–H and O–H groups in total. The molecule has 120 valence electrons. The van der Waals surface area contributed by atoms with Crippen molar-refractivity contribution in [3.05, 3.63) is 60.0 Å². The highest BCUT2D eigenvalue weighted by Crippen LogP contribution is 2.35. The van der Waals surface area contributed by atoms with E-state index >= 15 is 0 Å². The number of thiophene rings is 1. The van der Waals surface area contributed by atoms with Gasteiger partial charge in [0.05, 0.1) is 27.0 Å². The van der Waals surface area contributed by atoms with Gasteiger partial charge in [-0.2, -0.15) is 5.10 Å². The van der Waals surface area contributed by atoms with Crippen LogP contribution in [-0.4, -0.2) is 19.7 Å². The number of fused-ring (bicyclic) bond motifs is 1. The average Bonchev–Trinajstić information content (AvgIpc) is 3.24. The molecule has 0 aliphatic heterocycles. The summed E-state index contributed by atoms with van der Waals surface area (Å²) in [6.07, 6.45) is 5.64. The van der Waals surface area contributed by atoms with Crippen LogP contribution in [0.3, 0.4) is 0 Å². The van der Waals surface area contributed by atoms with Crippen LogP contribution in [0.4, 0.5) is 0 Å². The lowest BCUT2D eigenvalue weighted by molar-refractivity contribution is 0.840. The Morgan fingerprint density at radius 1 is 1.08 bits per heavy atom. The van der Waals surface area contributed by atoms with Gasteiger partial charge < -0.3 is 0 Å². The number of nitrogens with zero attached hydrogens (tertiary/aromatic N) is 4. The van der Waals surface area contributed by atoms with Crippen molar-refractivity contribution >= 4 is 21.6 Å². The predicted molar refractivity (Wildman–Crippen MR) is 98.7 cm³/mol. The summed E-state index contributed by atoms with van der Waals surface area (Å²) in [6, 6.07) is 12.4. The average molecular weight is 334 g/mol. The van der Waals surface area contributed by atoms with Gasteiger partial charge >= 0.3 is 0 Å². The summed E-state index contributed by atoms with van der Waals surface area (Å²) in [5.41, 5.74) is 4.46. The molecule has 0 aliphatic carbocycles. The first-order chi connectivity index (χ1) is 11.8. The number of aromatic nitrogens is 4.